The molecule has 0 saturated heterocycles. The quantitative estimate of drug-likeness (QED) is 0.856. The van der Waals surface area contributed by atoms with E-state index >= 15 is 0 Å². The normalized spacial score (nSPS) is 19.6. The van der Waals surface area contributed by atoms with Crippen molar-refractivity contribution in [2.24, 2.45) is 0 Å². The zero-order valence-electron chi connectivity index (χ0n) is 10.9. The van der Waals surface area contributed by atoms with Gasteiger partial charge >= 0.3 is 0 Å². The van der Waals surface area contributed by atoms with Crippen molar-refractivity contribution in [3.8, 4) is 11.5 Å². The maximum atomic E-state index is 11.6. The molecule has 1 aromatic rings. The Labute approximate surface area is 117 Å². The second-order valence-corrected chi connectivity index (χ2v) is 6.23. The van der Waals surface area contributed by atoms with Crippen molar-refractivity contribution in [1.82, 2.24) is 5.32 Å². The van der Waals surface area contributed by atoms with Gasteiger partial charge in [-0.1, -0.05) is 0 Å². The fraction of sp³-hybridized carbons (Fsp3) is 0.308. The van der Waals surface area contributed by atoms with Gasteiger partial charge in [0.1, 0.15) is 11.5 Å². The molecule has 0 bridgehead atoms. The Morgan fingerprint density at radius 1 is 1.30 bits per heavy atom. The summed E-state index contributed by atoms with van der Waals surface area (Å²) in [7, 11) is -1.60. The van der Waals surface area contributed by atoms with Crippen LogP contribution < -0.4 is 14.8 Å². The van der Waals surface area contributed by atoms with E-state index in [0.29, 0.717) is 11.5 Å². The maximum Gasteiger partial charge on any atom is 0.258 e. The minimum Gasteiger partial charge on any atom is -0.497 e. The number of sulfone groups is 1. The van der Waals surface area contributed by atoms with Gasteiger partial charge < -0.3 is 14.8 Å². The lowest BCUT2D eigenvalue weighted by molar-refractivity contribution is -0.123. The van der Waals surface area contributed by atoms with Crippen molar-refractivity contribution in [1.29, 1.82) is 0 Å². The first kappa shape index (κ1) is 14.4. The Hall–Kier alpha value is -2.02. The molecule has 1 heterocycles. The third kappa shape index (κ3) is 3.99. The van der Waals surface area contributed by atoms with Crippen molar-refractivity contribution in [2.75, 3.05) is 19.5 Å². The topological polar surface area (TPSA) is 81.7 Å². The number of ether oxygens (including phenoxy) is 2. The summed E-state index contributed by atoms with van der Waals surface area (Å²) in [6, 6.07) is 6.34. The molecule has 1 amide bonds. The summed E-state index contributed by atoms with van der Waals surface area (Å²) in [5, 5.41) is 3.69. The largest absolute Gasteiger partial charge is 0.497 e. The third-order valence-electron chi connectivity index (χ3n) is 2.71. The highest BCUT2D eigenvalue weighted by Crippen LogP contribution is 2.16. The molecule has 108 valence electrons. The summed E-state index contributed by atoms with van der Waals surface area (Å²) in [6.07, 6.45) is 1.46. The van der Waals surface area contributed by atoms with E-state index in [1.165, 1.54) is 6.08 Å². The molecule has 0 saturated carbocycles. The molecule has 6 nitrogen and oxygen atoms in total. The van der Waals surface area contributed by atoms with E-state index in [2.05, 4.69) is 5.32 Å². The van der Waals surface area contributed by atoms with Crippen molar-refractivity contribution in [2.45, 2.75) is 6.04 Å². The maximum absolute atomic E-state index is 11.6. The number of methoxy groups -OCH3 is 1. The van der Waals surface area contributed by atoms with Crippen molar-refractivity contribution in [3.63, 3.8) is 0 Å². The fourth-order valence-corrected chi connectivity index (χ4v) is 2.97. The van der Waals surface area contributed by atoms with Gasteiger partial charge in [-0.05, 0) is 30.3 Å². The van der Waals surface area contributed by atoms with Crippen LogP contribution in [0.5, 0.6) is 11.5 Å². The molecular weight excluding hydrogens is 282 g/mol. The highest BCUT2D eigenvalue weighted by molar-refractivity contribution is 7.94. The lowest BCUT2D eigenvalue weighted by Gasteiger charge is -2.11. The molecule has 0 aromatic heterocycles. The zero-order chi connectivity index (χ0) is 14.6. The van der Waals surface area contributed by atoms with Crippen LogP contribution in [0.1, 0.15) is 0 Å². The fourth-order valence-electron chi connectivity index (χ4n) is 1.73. The van der Waals surface area contributed by atoms with E-state index in [1.54, 1.807) is 31.4 Å². The van der Waals surface area contributed by atoms with Crippen molar-refractivity contribution < 1.29 is 22.7 Å². The molecule has 2 rings (SSSR count). The van der Waals surface area contributed by atoms with Gasteiger partial charge in [-0.3, -0.25) is 4.79 Å². The van der Waals surface area contributed by atoms with Crippen LogP contribution in [0.25, 0.3) is 0 Å². The highest BCUT2D eigenvalue weighted by Gasteiger charge is 2.22. The SMILES string of the molecule is COc1ccc(OCC(=O)NC2C=CS(=O)(=O)C2)cc1. The standard InChI is InChI=1S/C13H15NO5S/c1-18-11-2-4-12(5-3-11)19-8-13(15)14-10-6-7-20(16,17)9-10/h2-7,10H,8-9H2,1H3,(H,14,15). The molecule has 0 radical (unpaired) electrons. The van der Waals surface area contributed by atoms with Gasteiger partial charge in [0.05, 0.1) is 18.9 Å². The Morgan fingerprint density at radius 3 is 2.50 bits per heavy atom. The average molecular weight is 297 g/mol. The van der Waals surface area contributed by atoms with E-state index in [0.717, 1.165) is 5.41 Å². The van der Waals surface area contributed by atoms with Gasteiger partial charge in [0.2, 0.25) is 0 Å². The molecule has 1 N–H and O–H groups in total. The molecule has 1 unspecified atom stereocenters. The Bertz CT molecular complexity index is 606. The zero-order valence-corrected chi connectivity index (χ0v) is 11.7. The number of hydrogen-bond acceptors (Lipinski definition) is 5. The molecule has 0 fully saturated rings. The second kappa shape index (κ2) is 5.96. The number of hydrogen-bond donors (Lipinski definition) is 1. The number of carbonyl (C=O) groups excluding carboxylic acids is 1. The third-order valence-corrected chi connectivity index (χ3v) is 4.10. The first-order chi connectivity index (χ1) is 9.48. The molecule has 1 aromatic carbocycles. The summed E-state index contributed by atoms with van der Waals surface area (Å²) >= 11 is 0. The molecular formula is C13H15NO5S. The highest BCUT2D eigenvalue weighted by atomic mass is 32.2. The van der Waals surface area contributed by atoms with Gasteiger partial charge in [-0.25, -0.2) is 8.42 Å². The molecule has 1 aliphatic rings. The van der Waals surface area contributed by atoms with E-state index in [1.807, 2.05) is 0 Å². The molecule has 0 aliphatic carbocycles. The smallest absolute Gasteiger partial charge is 0.258 e. The van der Waals surface area contributed by atoms with Gasteiger partial charge in [0.15, 0.2) is 16.4 Å². The number of benzene rings is 1. The Morgan fingerprint density at radius 2 is 1.95 bits per heavy atom. The molecule has 7 heteroatoms. The summed E-state index contributed by atoms with van der Waals surface area (Å²) in [6.45, 7) is -0.170. The number of carbonyl (C=O) groups is 1. The van der Waals surface area contributed by atoms with Gasteiger partial charge in [0, 0.05) is 5.41 Å². The van der Waals surface area contributed by atoms with Crippen LogP contribution in [-0.2, 0) is 14.6 Å². The van der Waals surface area contributed by atoms with Crippen LogP contribution in [0.4, 0.5) is 0 Å². The lowest BCUT2D eigenvalue weighted by Crippen LogP contribution is -2.38. The molecule has 1 aliphatic heterocycles. The van der Waals surface area contributed by atoms with Crippen LogP contribution in [0, 0.1) is 0 Å². The first-order valence-electron chi connectivity index (χ1n) is 5.96. The molecule has 1 atom stereocenters. The molecule has 0 spiro atoms. The number of amides is 1. The van der Waals surface area contributed by atoms with Crippen LogP contribution in [-0.4, -0.2) is 39.8 Å². The monoisotopic (exact) mass is 297 g/mol. The van der Waals surface area contributed by atoms with Gasteiger partial charge in [-0.2, -0.15) is 0 Å². The summed E-state index contributed by atoms with van der Waals surface area (Å²) in [5.74, 6) is 0.771. The Kier molecular flexibility index (Phi) is 4.29. The molecule has 20 heavy (non-hydrogen) atoms. The summed E-state index contributed by atoms with van der Waals surface area (Å²) < 4.78 is 32.7. The average Bonchev–Trinajstić information content (AvgIpc) is 2.76. The summed E-state index contributed by atoms with van der Waals surface area (Å²) in [5.41, 5.74) is 0. The van der Waals surface area contributed by atoms with E-state index in [9.17, 15) is 13.2 Å². The predicted molar refractivity (Wildman–Crippen MR) is 73.3 cm³/mol. The van der Waals surface area contributed by atoms with Gasteiger partial charge in [-0.15, -0.1) is 0 Å². The lowest BCUT2D eigenvalue weighted by atomic mass is 10.3. The first-order valence-corrected chi connectivity index (χ1v) is 7.67. The van der Waals surface area contributed by atoms with E-state index in [4.69, 9.17) is 9.47 Å². The van der Waals surface area contributed by atoms with Crippen LogP contribution >= 0.6 is 0 Å². The Balaban J connectivity index is 1.79. The van der Waals surface area contributed by atoms with Crippen LogP contribution in [0.3, 0.4) is 0 Å². The van der Waals surface area contributed by atoms with E-state index < -0.39 is 15.9 Å². The van der Waals surface area contributed by atoms with E-state index in [-0.39, 0.29) is 18.3 Å². The van der Waals surface area contributed by atoms with Crippen molar-refractivity contribution in [3.05, 3.63) is 35.7 Å². The number of rotatable bonds is 5. The number of nitrogens with one attached hydrogen (secondary N) is 1. The minimum atomic E-state index is -3.17. The van der Waals surface area contributed by atoms with Crippen molar-refractivity contribution >= 4 is 15.7 Å². The predicted octanol–water partition coefficient (Wildman–Crippen LogP) is 0.501. The van der Waals surface area contributed by atoms with Crippen LogP contribution in [0.2, 0.25) is 0 Å². The van der Waals surface area contributed by atoms with Crippen LogP contribution in [0.15, 0.2) is 35.7 Å². The summed E-state index contributed by atoms with van der Waals surface area (Å²) in [4.78, 5) is 11.6. The second-order valence-electron chi connectivity index (χ2n) is 4.30. The van der Waals surface area contributed by atoms with Gasteiger partial charge in [0.25, 0.3) is 5.91 Å². The minimum absolute atomic E-state index is 0.0960.